The van der Waals surface area contributed by atoms with Gasteiger partial charge in [-0.25, -0.2) is 9.59 Å². The Balaban J connectivity index is 1.65. The molecule has 0 fully saturated rings. The molecule has 0 amide bonds. The van der Waals surface area contributed by atoms with Crippen LogP contribution in [0, 0.1) is 0 Å². The number of rotatable bonds is 8. The second-order valence-electron chi connectivity index (χ2n) is 8.91. The molecule has 0 spiro atoms. The lowest BCUT2D eigenvalue weighted by atomic mass is 10.1. The van der Waals surface area contributed by atoms with Crippen LogP contribution in [0.25, 0.3) is 0 Å². The van der Waals surface area contributed by atoms with Crippen molar-refractivity contribution in [3.8, 4) is 0 Å². The first-order chi connectivity index (χ1) is 19.6. The average molecular weight is 529 g/mol. The highest BCUT2D eigenvalue weighted by atomic mass is 16.5. The highest BCUT2D eigenvalue weighted by molar-refractivity contribution is 6.01. The summed E-state index contributed by atoms with van der Waals surface area (Å²) in [5.41, 5.74) is 5.76. The molecule has 5 rings (SSSR count). The van der Waals surface area contributed by atoms with Gasteiger partial charge in [0.25, 0.3) is 0 Å². The first-order valence-corrected chi connectivity index (χ1v) is 12.8. The standard InChI is InChI=1S/C34H28N2O4/c1-39-33(37)25-18-23-31(34(38)40-2)32(24-25)36(28-16-10-5-11-17-28)30-21-19-29(20-22-30)35(26-12-6-3-7-13-26)27-14-8-4-9-15-27/h3-24H,1-2H3. The Hall–Kier alpha value is -5.36. The fourth-order valence-electron chi connectivity index (χ4n) is 4.60. The predicted octanol–water partition coefficient (Wildman–Crippen LogP) is 8.20. The van der Waals surface area contributed by atoms with Crippen molar-refractivity contribution >= 4 is 46.1 Å². The third-order valence-corrected chi connectivity index (χ3v) is 6.47. The van der Waals surface area contributed by atoms with Gasteiger partial charge in [-0.05, 0) is 78.9 Å². The van der Waals surface area contributed by atoms with Crippen LogP contribution in [0.1, 0.15) is 20.7 Å². The molecule has 0 saturated carbocycles. The lowest BCUT2D eigenvalue weighted by Gasteiger charge is -2.29. The molecule has 0 unspecified atom stereocenters. The van der Waals surface area contributed by atoms with Crippen LogP contribution in [0.2, 0.25) is 0 Å². The molecule has 0 radical (unpaired) electrons. The molecule has 0 aliphatic rings. The van der Waals surface area contributed by atoms with E-state index in [0.29, 0.717) is 16.8 Å². The lowest BCUT2D eigenvalue weighted by Crippen LogP contribution is -2.17. The van der Waals surface area contributed by atoms with Crippen LogP contribution in [-0.4, -0.2) is 26.2 Å². The van der Waals surface area contributed by atoms with E-state index in [1.807, 2.05) is 95.9 Å². The molecule has 0 aliphatic heterocycles. The minimum Gasteiger partial charge on any atom is -0.465 e. The fourth-order valence-corrected chi connectivity index (χ4v) is 4.60. The molecule has 0 N–H and O–H groups in total. The van der Waals surface area contributed by atoms with Crippen LogP contribution in [0.15, 0.2) is 133 Å². The Bertz CT molecular complexity index is 1550. The highest BCUT2D eigenvalue weighted by Crippen LogP contribution is 2.40. The number of para-hydroxylation sites is 3. The maximum atomic E-state index is 12.8. The third kappa shape index (κ3) is 5.42. The number of esters is 2. The molecule has 198 valence electrons. The first-order valence-electron chi connectivity index (χ1n) is 12.8. The van der Waals surface area contributed by atoms with Crippen molar-refractivity contribution < 1.29 is 19.1 Å². The third-order valence-electron chi connectivity index (χ3n) is 6.47. The van der Waals surface area contributed by atoms with E-state index < -0.39 is 11.9 Å². The van der Waals surface area contributed by atoms with Gasteiger partial charge in [0.05, 0.1) is 31.0 Å². The molecule has 6 nitrogen and oxygen atoms in total. The number of carbonyl (C=O) groups excluding carboxylic acids is 2. The van der Waals surface area contributed by atoms with Gasteiger partial charge in [-0.15, -0.1) is 0 Å². The fraction of sp³-hybridized carbons (Fsp3) is 0.0588. The quantitative estimate of drug-likeness (QED) is 0.189. The lowest BCUT2D eigenvalue weighted by molar-refractivity contribution is 0.0587. The number of nitrogens with zero attached hydrogens (tertiary/aromatic N) is 2. The number of ether oxygens (including phenoxy) is 2. The molecule has 0 bridgehead atoms. The summed E-state index contributed by atoms with van der Waals surface area (Å²) >= 11 is 0. The maximum absolute atomic E-state index is 12.8. The zero-order valence-corrected chi connectivity index (χ0v) is 22.2. The van der Waals surface area contributed by atoms with Gasteiger partial charge in [-0.2, -0.15) is 0 Å². The van der Waals surface area contributed by atoms with Gasteiger partial charge >= 0.3 is 11.9 Å². The van der Waals surface area contributed by atoms with Crippen molar-refractivity contribution in [3.63, 3.8) is 0 Å². The van der Waals surface area contributed by atoms with Crippen LogP contribution < -0.4 is 9.80 Å². The molecule has 5 aromatic rings. The van der Waals surface area contributed by atoms with Crippen LogP contribution in [0.3, 0.4) is 0 Å². The first kappa shape index (κ1) is 26.3. The van der Waals surface area contributed by atoms with E-state index in [1.54, 1.807) is 18.2 Å². The van der Waals surface area contributed by atoms with Crippen LogP contribution in [-0.2, 0) is 9.47 Å². The maximum Gasteiger partial charge on any atom is 0.339 e. The largest absolute Gasteiger partial charge is 0.465 e. The molecule has 5 aromatic carbocycles. The summed E-state index contributed by atoms with van der Waals surface area (Å²) in [5, 5.41) is 0. The summed E-state index contributed by atoms with van der Waals surface area (Å²) in [6, 6.07) is 42.8. The number of carbonyl (C=O) groups is 2. The number of anilines is 6. The summed E-state index contributed by atoms with van der Waals surface area (Å²) in [5.74, 6) is -1.01. The monoisotopic (exact) mass is 528 g/mol. The Morgan fingerprint density at radius 3 is 1.32 bits per heavy atom. The minimum absolute atomic E-state index is 0.318. The number of methoxy groups -OCH3 is 2. The van der Waals surface area contributed by atoms with E-state index in [-0.39, 0.29) is 0 Å². The summed E-state index contributed by atoms with van der Waals surface area (Å²) in [7, 11) is 2.67. The molecule has 0 aromatic heterocycles. The van der Waals surface area contributed by atoms with Gasteiger partial charge in [-0.1, -0.05) is 54.6 Å². The molecule has 40 heavy (non-hydrogen) atoms. The van der Waals surface area contributed by atoms with E-state index in [0.717, 1.165) is 28.4 Å². The van der Waals surface area contributed by atoms with E-state index in [4.69, 9.17) is 9.47 Å². The summed E-state index contributed by atoms with van der Waals surface area (Å²) in [6.07, 6.45) is 0. The van der Waals surface area contributed by atoms with Gasteiger partial charge in [0.2, 0.25) is 0 Å². The van der Waals surface area contributed by atoms with Gasteiger partial charge in [0.15, 0.2) is 0 Å². The normalized spacial score (nSPS) is 10.4. The molecule has 6 heteroatoms. The molecule has 0 aliphatic carbocycles. The van der Waals surface area contributed by atoms with Gasteiger partial charge in [-0.3, -0.25) is 0 Å². The van der Waals surface area contributed by atoms with Gasteiger partial charge in [0, 0.05) is 28.4 Å². The minimum atomic E-state index is -0.511. The van der Waals surface area contributed by atoms with E-state index in [2.05, 4.69) is 29.2 Å². The van der Waals surface area contributed by atoms with Gasteiger partial charge < -0.3 is 19.3 Å². The topological polar surface area (TPSA) is 59.1 Å². The Labute approximate surface area is 233 Å². The van der Waals surface area contributed by atoms with Crippen LogP contribution in [0.5, 0.6) is 0 Å². The summed E-state index contributed by atoms with van der Waals surface area (Å²) in [4.78, 5) is 29.4. The van der Waals surface area contributed by atoms with E-state index in [1.165, 1.54) is 14.2 Å². The zero-order valence-electron chi connectivity index (χ0n) is 22.2. The van der Waals surface area contributed by atoms with Gasteiger partial charge in [0.1, 0.15) is 0 Å². The molecular weight excluding hydrogens is 500 g/mol. The van der Waals surface area contributed by atoms with Crippen molar-refractivity contribution in [1.29, 1.82) is 0 Å². The number of benzene rings is 5. The Morgan fingerprint density at radius 2 is 0.875 bits per heavy atom. The molecule has 0 saturated heterocycles. The van der Waals surface area contributed by atoms with E-state index in [9.17, 15) is 9.59 Å². The molecular formula is C34H28N2O4. The summed E-state index contributed by atoms with van der Waals surface area (Å²) < 4.78 is 10.0. The highest BCUT2D eigenvalue weighted by Gasteiger charge is 2.23. The Kier molecular flexibility index (Phi) is 7.88. The SMILES string of the molecule is COC(=O)c1ccc(C(=O)OC)c(N(c2ccccc2)c2ccc(N(c3ccccc3)c3ccccc3)cc2)c1. The predicted molar refractivity (Wildman–Crippen MR) is 158 cm³/mol. The van der Waals surface area contributed by atoms with Crippen molar-refractivity contribution in [2.75, 3.05) is 24.0 Å². The molecule has 0 atom stereocenters. The Morgan fingerprint density at radius 1 is 0.475 bits per heavy atom. The van der Waals surface area contributed by atoms with Crippen LogP contribution >= 0.6 is 0 Å². The smallest absolute Gasteiger partial charge is 0.339 e. The number of hydrogen-bond donors (Lipinski definition) is 0. The summed E-state index contributed by atoms with van der Waals surface area (Å²) in [6.45, 7) is 0. The number of hydrogen-bond acceptors (Lipinski definition) is 6. The second-order valence-corrected chi connectivity index (χ2v) is 8.91. The molecule has 0 heterocycles. The van der Waals surface area contributed by atoms with E-state index >= 15 is 0 Å². The van der Waals surface area contributed by atoms with Crippen LogP contribution in [0.4, 0.5) is 34.1 Å². The van der Waals surface area contributed by atoms with Crippen molar-refractivity contribution in [1.82, 2.24) is 0 Å². The van der Waals surface area contributed by atoms with Crippen molar-refractivity contribution in [3.05, 3.63) is 145 Å². The second kappa shape index (κ2) is 12.0. The zero-order chi connectivity index (χ0) is 27.9. The average Bonchev–Trinajstić information content (AvgIpc) is 3.03. The van der Waals surface area contributed by atoms with Crippen molar-refractivity contribution in [2.24, 2.45) is 0 Å². The van der Waals surface area contributed by atoms with Crippen molar-refractivity contribution in [2.45, 2.75) is 0 Å².